The molecule has 132 valence electrons. The Hall–Kier alpha value is -2.73. The summed E-state index contributed by atoms with van der Waals surface area (Å²) >= 11 is 1.74. The van der Waals surface area contributed by atoms with Crippen LogP contribution < -0.4 is 4.90 Å². The summed E-state index contributed by atoms with van der Waals surface area (Å²) in [7, 11) is 0. The highest BCUT2D eigenvalue weighted by atomic mass is 32.1. The van der Waals surface area contributed by atoms with Gasteiger partial charge in [-0.15, -0.1) is 11.3 Å². The Balaban J connectivity index is 1.40. The summed E-state index contributed by atoms with van der Waals surface area (Å²) in [5.41, 5.74) is 3.10. The van der Waals surface area contributed by atoms with Gasteiger partial charge in [0, 0.05) is 49.0 Å². The number of piperazine rings is 1. The van der Waals surface area contributed by atoms with E-state index in [1.54, 1.807) is 23.7 Å². The lowest BCUT2D eigenvalue weighted by Gasteiger charge is -2.34. The maximum absolute atomic E-state index is 12.8. The van der Waals surface area contributed by atoms with Gasteiger partial charge in [0.2, 0.25) is 5.95 Å². The van der Waals surface area contributed by atoms with Gasteiger partial charge in [-0.2, -0.15) is 0 Å². The minimum Gasteiger partial charge on any atom is -0.337 e. The van der Waals surface area contributed by atoms with Crippen LogP contribution in [0.25, 0.3) is 11.1 Å². The average Bonchev–Trinajstić information content (AvgIpc) is 3.15. The van der Waals surface area contributed by atoms with Crippen molar-refractivity contribution in [2.24, 2.45) is 0 Å². The molecule has 0 spiro atoms. The first-order valence-corrected chi connectivity index (χ1v) is 9.55. The number of amides is 1. The Bertz CT molecular complexity index is 884. The van der Waals surface area contributed by atoms with Crippen molar-refractivity contribution in [2.75, 3.05) is 31.1 Å². The van der Waals surface area contributed by atoms with E-state index in [1.807, 2.05) is 35.2 Å². The number of benzene rings is 1. The molecule has 4 rings (SSSR count). The summed E-state index contributed by atoms with van der Waals surface area (Å²) < 4.78 is 0. The molecule has 3 heterocycles. The van der Waals surface area contributed by atoms with E-state index in [4.69, 9.17) is 0 Å². The molecule has 1 aliphatic heterocycles. The van der Waals surface area contributed by atoms with Crippen molar-refractivity contribution in [3.05, 3.63) is 64.6 Å². The van der Waals surface area contributed by atoms with Crippen LogP contribution in [0.1, 0.15) is 15.2 Å². The fourth-order valence-electron chi connectivity index (χ4n) is 3.15. The number of nitrogens with zero attached hydrogens (tertiary/aromatic N) is 4. The highest BCUT2D eigenvalue weighted by Gasteiger charge is 2.23. The van der Waals surface area contributed by atoms with Crippen molar-refractivity contribution >= 4 is 23.2 Å². The average molecular weight is 364 g/mol. The number of aryl methyl sites for hydroxylation is 1. The van der Waals surface area contributed by atoms with Gasteiger partial charge < -0.3 is 9.80 Å². The number of carbonyl (C=O) groups excluding carboxylic acids is 1. The molecule has 0 radical (unpaired) electrons. The monoisotopic (exact) mass is 364 g/mol. The number of carbonyl (C=O) groups is 1. The molecule has 3 aromatic rings. The van der Waals surface area contributed by atoms with E-state index in [-0.39, 0.29) is 5.91 Å². The summed E-state index contributed by atoms with van der Waals surface area (Å²) in [5.74, 6) is 0.821. The molecule has 1 aliphatic rings. The zero-order valence-corrected chi connectivity index (χ0v) is 15.4. The van der Waals surface area contributed by atoms with Crippen molar-refractivity contribution in [1.29, 1.82) is 0 Å². The van der Waals surface area contributed by atoms with E-state index >= 15 is 0 Å². The highest BCUT2D eigenvalue weighted by molar-refractivity contribution is 7.10. The van der Waals surface area contributed by atoms with Crippen molar-refractivity contribution in [1.82, 2.24) is 14.9 Å². The van der Waals surface area contributed by atoms with Crippen molar-refractivity contribution < 1.29 is 4.79 Å². The van der Waals surface area contributed by atoms with Crippen LogP contribution in [0.5, 0.6) is 0 Å². The van der Waals surface area contributed by atoms with E-state index in [0.29, 0.717) is 13.1 Å². The summed E-state index contributed by atoms with van der Waals surface area (Å²) in [5, 5.41) is 2.15. The smallest absolute Gasteiger partial charge is 0.253 e. The van der Waals surface area contributed by atoms with Crippen molar-refractivity contribution in [3.63, 3.8) is 0 Å². The fourth-order valence-corrected chi connectivity index (χ4v) is 3.86. The van der Waals surface area contributed by atoms with E-state index < -0.39 is 0 Å². The van der Waals surface area contributed by atoms with Crippen LogP contribution in [0.15, 0.2) is 54.2 Å². The molecule has 0 aliphatic carbocycles. The SMILES string of the molecule is Cc1cc(-c2ccc(C(=O)N3CCN(c4ncccn4)CC3)cc2)cs1. The number of thiophene rings is 1. The molecule has 5 nitrogen and oxygen atoms in total. The zero-order valence-electron chi connectivity index (χ0n) is 14.6. The van der Waals surface area contributed by atoms with Gasteiger partial charge in [0.15, 0.2) is 0 Å². The van der Waals surface area contributed by atoms with Crippen LogP contribution >= 0.6 is 11.3 Å². The highest BCUT2D eigenvalue weighted by Crippen LogP contribution is 2.25. The summed E-state index contributed by atoms with van der Waals surface area (Å²) in [6.45, 7) is 4.97. The first-order valence-electron chi connectivity index (χ1n) is 8.67. The molecule has 0 saturated carbocycles. The largest absolute Gasteiger partial charge is 0.337 e. The van der Waals surface area contributed by atoms with Gasteiger partial charge in [-0.3, -0.25) is 4.79 Å². The van der Waals surface area contributed by atoms with Crippen LogP contribution in [-0.4, -0.2) is 47.0 Å². The second-order valence-corrected chi connectivity index (χ2v) is 7.47. The van der Waals surface area contributed by atoms with Crippen LogP contribution in [0, 0.1) is 6.92 Å². The van der Waals surface area contributed by atoms with E-state index in [2.05, 4.69) is 33.2 Å². The first-order chi connectivity index (χ1) is 12.7. The van der Waals surface area contributed by atoms with Crippen LogP contribution in [0.4, 0.5) is 5.95 Å². The summed E-state index contributed by atoms with van der Waals surface area (Å²) in [4.78, 5) is 26.7. The van der Waals surface area contributed by atoms with Gasteiger partial charge in [-0.25, -0.2) is 9.97 Å². The summed E-state index contributed by atoms with van der Waals surface area (Å²) in [6.07, 6.45) is 3.49. The third-order valence-corrected chi connectivity index (χ3v) is 5.46. The second kappa shape index (κ2) is 7.25. The Labute approximate surface area is 156 Å². The minimum absolute atomic E-state index is 0.0895. The number of rotatable bonds is 3. The third kappa shape index (κ3) is 3.46. The lowest BCUT2D eigenvalue weighted by atomic mass is 10.1. The zero-order chi connectivity index (χ0) is 17.9. The molecule has 1 amide bonds. The van der Waals surface area contributed by atoms with Crippen molar-refractivity contribution in [2.45, 2.75) is 6.92 Å². The van der Waals surface area contributed by atoms with Gasteiger partial charge in [0.25, 0.3) is 5.91 Å². The number of aromatic nitrogens is 2. The molecule has 1 aromatic carbocycles. The predicted octanol–water partition coefficient (Wildman–Crippen LogP) is 3.48. The van der Waals surface area contributed by atoms with Gasteiger partial charge in [0.1, 0.15) is 0 Å². The molecule has 0 N–H and O–H groups in total. The normalized spacial score (nSPS) is 14.5. The Morgan fingerprint density at radius 3 is 2.31 bits per heavy atom. The molecule has 0 bridgehead atoms. The quantitative estimate of drug-likeness (QED) is 0.714. The maximum atomic E-state index is 12.8. The van der Waals surface area contributed by atoms with Crippen LogP contribution in [0.3, 0.4) is 0 Å². The van der Waals surface area contributed by atoms with Gasteiger partial charge in [0.05, 0.1) is 0 Å². The lowest BCUT2D eigenvalue weighted by Crippen LogP contribution is -2.49. The molecular formula is C20H20N4OS. The molecule has 2 aromatic heterocycles. The van der Waals surface area contributed by atoms with Crippen molar-refractivity contribution in [3.8, 4) is 11.1 Å². The number of hydrogen-bond donors (Lipinski definition) is 0. The molecule has 0 atom stereocenters. The molecule has 6 heteroatoms. The molecule has 0 unspecified atom stereocenters. The number of anilines is 1. The standard InChI is InChI=1S/C20H20N4OS/c1-15-13-18(14-26-15)16-3-5-17(6-4-16)19(25)23-9-11-24(12-10-23)20-21-7-2-8-22-20/h2-8,13-14H,9-12H2,1H3. The van der Waals surface area contributed by atoms with Gasteiger partial charge >= 0.3 is 0 Å². The van der Waals surface area contributed by atoms with Crippen LogP contribution in [-0.2, 0) is 0 Å². The molecular weight excluding hydrogens is 344 g/mol. The predicted molar refractivity (Wildman–Crippen MR) is 105 cm³/mol. The molecule has 26 heavy (non-hydrogen) atoms. The molecule has 1 fully saturated rings. The lowest BCUT2D eigenvalue weighted by molar-refractivity contribution is 0.0746. The van der Waals surface area contributed by atoms with Crippen LogP contribution in [0.2, 0.25) is 0 Å². The van der Waals surface area contributed by atoms with E-state index in [1.165, 1.54) is 10.4 Å². The Morgan fingerprint density at radius 2 is 1.69 bits per heavy atom. The Morgan fingerprint density at radius 1 is 1.00 bits per heavy atom. The molecule has 1 saturated heterocycles. The first kappa shape index (κ1) is 16.7. The Kier molecular flexibility index (Phi) is 4.67. The van der Waals surface area contributed by atoms with E-state index in [0.717, 1.165) is 30.2 Å². The fraction of sp³-hybridized carbons (Fsp3) is 0.250. The number of hydrogen-bond acceptors (Lipinski definition) is 5. The topological polar surface area (TPSA) is 49.3 Å². The van der Waals surface area contributed by atoms with Gasteiger partial charge in [-0.1, -0.05) is 12.1 Å². The third-order valence-electron chi connectivity index (χ3n) is 4.60. The van der Waals surface area contributed by atoms with Gasteiger partial charge in [-0.05, 0) is 47.7 Å². The minimum atomic E-state index is 0.0895. The second-order valence-electron chi connectivity index (χ2n) is 6.35. The van der Waals surface area contributed by atoms with E-state index in [9.17, 15) is 4.79 Å². The maximum Gasteiger partial charge on any atom is 0.253 e. The summed E-state index contributed by atoms with van der Waals surface area (Å²) in [6, 6.07) is 11.9.